The van der Waals surface area contributed by atoms with E-state index in [-0.39, 0.29) is 20.3 Å². The molecular formula is C18H23BLi. The number of hydrogen-bond acceptors (Lipinski definition) is 0. The van der Waals surface area contributed by atoms with Crippen molar-refractivity contribution in [3.05, 3.63) is 57.6 Å². The van der Waals surface area contributed by atoms with Crippen molar-refractivity contribution in [1.29, 1.82) is 0 Å². The number of hydrogen-bond donors (Lipinski definition) is 0. The molecule has 20 heavy (non-hydrogen) atoms. The molecule has 2 heteroatoms. The molecule has 0 unspecified atom stereocenters. The first-order valence-corrected chi connectivity index (χ1v) is 6.89. The van der Waals surface area contributed by atoms with Crippen LogP contribution in [0.1, 0.15) is 34.8 Å². The summed E-state index contributed by atoms with van der Waals surface area (Å²) < 4.78 is 0. The van der Waals surface area contributed by atoms with Crippen molar-refractivity contribution in [2.75, 3.05) is 0 Å². The molecular weight excluding hydrogens is 234 g/mol. The summed E-state index contributed by atoms with van der Waals surface area (Å²) in [5, 5.41) is 0. The molecule has 0 aliphatic rings. The van der Waals surface area contributed by atoms with Crippen molar-refractivity contribution >= 4 is 18.2 Å². The molecule has 2 aromatic carbocycles. The van der Waals surface area contributed by atoms with Crippen molar-refractivity contribution in [3.8, 4) is 0 Å². The Morgan fingerprint density at radius 2 is 0.850 bits per heavy atom. The van der Waals surface area contributed by atoms with E-state index in [0.29, 0.717) is 0 Å². The first-order chi connectivity index (χ1) is 8.88. The van der Waals surface area contributed by atoms with Gasteiger partial charge in [0.2, 0.25) is 0 Å². The van der Waals surface area contributed by atoms with Crippen LogP contribution in [0.25, 0.3) is 0 Å². The smallest absolute Gasteiger partial charge is 1.00 e. The summed E-state index contributed by atoms with van der Waals surface area (Å²) in [7, 11) is 2.34. The Labute approximate surface area is 137 Å². The van der Waals surface area contributed by atoms with Gasteiger partial charge in [-0.2, -0.15) is 0 Å². The van der Waals surface area contributed by atoms with Crippen molar-refractivity contribution in [2.45, 2.75) is 41.5 Å². The van der Waals surface area contributed by atoms with Gasteiger partial charge in [0.05, 0.1) is 0 Å². The van der Waals surface area contributed by atoms with Crippen LogP contribution < -0.4 is 29.8 Å². The minimum Gasteiger partial charge on any atom is -1.00 e. The molecule has 0 fully saturated rings. The van der Waals surface area contributed by atoms with Gasteiger partial charge in [-0.15, -0.1) is 0 Å². The molecule has 0 saturated heterocycles. The van der Waals surface area contributed by atoms with Gasteiger partial charge in [-0.3, -0.25) is 0 Å². The molecule has 2 rings (SSSR count). The fraction of sp³-hybridized carbons (Fsp3) is 0.333. The zero-order valence-electron chi connectivity index (χ0n) is 14.9. The topological polar surface area (TPSA) is 0 Å². The maximum Gasteiger partial charge on any atom is 1.00 e. The summed E-state index contributed by atoms with van der Waals surface area (Å²) in [6, 6.07) is 9.05. The molecule has 0 aliphatic heterocycles. The van der Waals surface area contributed by atoms with Crippen LogP contribution in [-0.4, -0.2) is 7.28 Å². The van der Waals surface area contributed by atoms with Crippen LogP contribution in [-0.2, 0) is 0 Å². The van der Waals surface area contributed by atoms with Crippen LogP contribution >= 0.6 is 0 Å². The average Bonchev–Trinajstić information content (AvgIpc) is 2.25. The van der Waals surface area contributed by atoms with Crippen molar-refractivity contribution in [1.82, 2.24) is 0 Å². The Morgan fingerprint density at radius 1 is 0.600 bits per heavy atom. The molecule has 0 aliphatic carbocycles. The summed E-state index contributed by atoms with van der Waals surface area (Å²) in [5.74, 6) is 0. The van der Waals surface area contributed by atoms with Crippen LogP contribution in [0.3, 0.4) is 0 Å². The fourth-order valence-corrected chi connectivity index (χ4v) is 2.98. The van der Waals surface area contributed by atoms with E-state index in [1.54, 1.807) is 0 Å². The van der Waals surface area contributed by atoms with Gasteiger partial charge in [-0.05, 0) is 41.5 Å². The standard InChI is InChI=1S/C18H22B.Li.H/c1-11-7-13(3)17(14(4)8-11)19-18-15(5)9-12(2)10-16(18)6;;/h7-10H,1-6H3;;/q;+1;-1. The van der Waals surface area contributed by atoms with Crippen LogP contribution in [0.2, 0.25) is 0 Å². The van der Waals surface area contributed by atoms with Gasteiger partial charge in [0.1, 0.15) is 0 Å². The SMILES string of the molecule is Cc1cc(C)c([B]c2c(C)cc(C)cc2C)c(C)c1.[H-].[Li+]. The summed E-state index contributed by atoms with van der Waals surface area (Å²) in [6.07, 6.45) is 0. The summed E-state index contributed by atoms with van der Waals surface area (Å²) in [4.78, 5) is 0. The molecule has 1 radical (unpaired) electrons. The molecule has 0 spiro atoms. The van der Waals surface area contributed by atoms with Gasteiger partial charge >= 0.3 is 18.9 Å². The third kappa shape index (κ3) is 3.60. The first kappa shape index (κ1) is 17.2. The second-order valence-corrected chi connectivity index (χ2v) is 5.77. The predicted molar refractivity (Wildman–Crippen MR) is 87.4 cm³/mol. The third-order valence-electron chi connectivity index (χ3n) is 3.76. The van der Waals surface area contributed by atoms with Crippen molar-refractivity contribution < 1.29 is 20.3 Å². The maximum absolute atomic E-state index is 2.34. The molecule has 0 atom stereocenters. The average molecular weight is 257 g/mol. The molecule has 0 heterocycles. The van der Waals surface area contributed by atoms with Crippen molar-refractivity contribution in [3.63, 3.8) is 0 Å². The van der Waals surface area contributed by atoms with Gasteiger partial charge in [-0.25, -0.2) is 0 Å². The maximum atomic E-state index is 2.34. The summed E-state index contributed by atoms with van der Waals surface area (Å²) in [6.45, 7) is 13.1. The minimum atomic E-state index is 0. The number of rotatable bonds is 2. The first-order valence-electron chi connectivity index (χ1n) is 6.89. The Balaban J connectivity index is 0.00000200. The van der Waals surface area contributed by atoms with E-state index >= 15 is 0 Å². The molecule has 99 valence electrons. The second-order valence-electron chi connectivity index (χ2n) is 5.77. The quantitative estimate of drug-likeness (QED) is 0.679. The van der Waals surface area contributed by atoms with E-state index in [2.05, 4.69) is 73.1 Å². The normalized spacial score (nSPS) is 10.1. The minimum absolute atomic E-state index is 0. The molecule has 0 amide bonds. The largest absolute Gasteiger partial charge is 1.00 e. The summed E-state index contributed by atoms with van der Waals surface area (Å²) in [5.41, 5.74) is 10.8. The monoisotopic (exact) mass is 257 g/mol. The van der Waals surface area contributed by atoms with Gasteiger partial charge in [0, 0.05) is 0 Å². The van der Waals surface area contributed by atoms with E-state index in [1.807, 2.05) is 0 Å². The van der Waals surface area contributed by atoms with E-state index in [0.717, 1.165) is 0 Å². The van der Waals surface area contributed by atoms with Crippen LogP contribution in [0, 0.1) is 41.5 Å². The van der Waals surface area contributed by atoms with Crippen molar-refractivity contribution in [2.24, 2.45) is 0 Å². The van der Waals surface area contributed by atoms with E-state index in [1.165, 1.54) is 44.3 Å². The third-order valence-corrected chi connectivity index (χ3v) is 3.76. The molecule has 0 aromatic heterocycles. The Hall–Kier alpha value is -0.898. The number of benzene rings is 2. The molecule has 0 saturated carbocycles. The van der Waals surface area contributed by atoms with Crippen LogP contribution in [0.4, 0.5) is 0 Å². The van der Waals surface area contributed by atoms with Gasteiger partial charge in [0.15, 0.2) is 7.28 Å². The van der Waals surface area contributed by atoms with Crippen LogP contribution in [0.5, 0.6) is 0 Å². The van der Waals surface area contributed by atoms with Gasteiger partial charge in [-0.1, -0.05) is 68.6 Å². The number of aryl methyl sites for hydroxylation is 6. The van der Waals surface area contributed by atoms with E-state index in [9.17, 15) is 0 Å². The molecule has 0 nitrogen and oxygen atoms in total. The second kappa shape index (κ2) is 6.70. The Bertz CT molecular complexity index is 534. The summed E-state index contributed by atoms with van der Waals surface area (Å²) >= 11 is 0. The van der Waals surface area contributed by atoms with Crippen LogP contribution in [0.15, 0.2) is 24.3 Å². The Kier molecular flexibility index (Phi) is 5.75. The van der Waals surface area contributed by atoms with Gasteiger partial charge < -0.3 is 1.43 Å². The fourth-order valence-electron chi connectivity index (χ4n) is 2.98. The van der Waals surface area contributed by atoms with E-state index in [4.69, 9.17) is 0 Å². The predicted octanol–water partition coefficient (Wildman–Crippen LogP) is 0.309. The Morgan fingerprint density at radius 3 is 1.10 bits per heavy atom. The zero-order valence-corrected chi connectivity index (χ0v) is 13.9. The van der Waals surface area contributed by atoms with E-state index < -0.39 is 0 Å². The molecule has 0 bridgehead atoms. The van der Waals surface area contributed by atoms with Gasteiger partial charge in [0.25, 0.3) is 0 Å². The molecule has 2 aromatic rings. The molecule has 0 N–H and O–H groups in total. The zero-order chi connectivity index (χ0) is 14.2.